The number of halogens is 1. The molecule has 0 saturated carbocycles. The predicted molar refractivity (Wildman–Crippen MR) is 104 cm³/mol. The lowest BCUT2D eigenvalue weighted by Gasteiger charge is -2.25. The first-order chi connectivity index (χ1) is 13.2. The highest BCUT2D eigenvalue weighted by Crippen LogP contribution is 2.29. The summed E-state index contributed by atoms with van der Waals surface area (Å²) in [7, 11) is 0. The fourth-order valence-electron chi connectivity index (χ4n) is 3.08. The smallest absolute Gasteiger partial charge is 0.238 e. The van der Waals surface area contributed by atoms with Crippen molar-refractivity contribution in [1.82, 2.24) is 15.1 Å². The van der Waals surface area contributed by atoms with E-state index in [4.69, 9.17) is 16.3 Å². The number of fused-ring (bicyclic) bond motifs is 1. The quantitative estimate of drug-likeness (QED) is 0.703. The number of aromatic nitrogens is 2. The van der Waals surface area contributed by atoms with E-state index in [1.807, 2.05) is 36.5 Å². The van der Waals surface area contributed by atoms with Crippen LogP contribution in [0.3, 0.4) is 0 Å². The van der Waals surface area contributed by atoms with Gasteiger partial charge in [-0.15, -0.1) is 0 Å². The average molecular weight is 383 g/mol. The molecule has 2 heterocycles. The molecule has 7 heteroatoms. The molecule has 27 heavy (non-hydrogen) atoms. The van der Waals surface area contributed by atoms with E-state index in [0.29, 0.717) is 23.1 Å². The summed E-state index contributed by atoms with van der Waals surface area (Å²) in [5.74, 6) is 1.21. The number of hydrogen-bond donors (Lipinski definition) is 2. The fourth-order valence-corrected chi connectivity index (χ4v) is 3.25. The fraction of sp³-hybridized carbons (Fsp3) is 0.200. The highest BCUT2D eigenvalue weighted by Gasteiger charge is 2.19. The average Bonchev–Trinajstić information content (AvgIpc) is 3.13. The molecule has 2 aromatic carbocycles. The number of amides is 1. The Morgan fingerprint density at radius 3 is 2.85 bits per heavy atom. The molecule has 0 spiro atoms. The van der Waals surface area contributed by atoms with E-state index >= 15 is 0 Å². The molecule has 1 aromatic heterocycles. The van der Waals surface area contributed by atoms with Crippen LogP contribution in [-0.2, 0) is 17.8 Å². The van der Waals surface area contributed by atoms with E-state index < -0.39 is 0 Å². The minimum atomic E-state index is -0.0401. The Morgan fingerprint density at radius 1 is 1.22 bits per heavy atom. The third-order valence-electron chi connectivity index (χ3n) is 4.45. The normalized spacial score (nSPS) is 13.8. The lowest BCUT2D eigenvalue weighted by atomic mass is 10.1. The number of carbonyl (C=O) groups is 1. The summed E-state index contributed by atoms with van der Waals surface area (Å²) >= 11 is 6.10. The van der Waals surface area contributed by atoms with E-state index in [1.54, 1.807) is 18.2 Å². The lowest BCUT2D eigenvalue weighted by Crippen LogP contribution is -2.36. The van der Waals surface area contributed by atoms with Gasteiger partial charge in [-0.2, -0.15) is 5.10 Å². The van der Waals surface area contributed by atoms with Crippen molar-refractivity contribution >= 4 is 23.2 Å². The number of hydrogen-bond acceptors (Lipinski definition) is 4. The van der Waals surface area contributed by atoms with Gasteiger partial charge in [0.25, 0.3) is 0 Å². The largest absolute Gasteiger partial charge is 0.456 e. The Bertz CT molecular complexity index is 939. The van der Waals surface area contributed by atoms with E-state index in [-0.39, 0.29) is 5.91 Å². The van der Waals surface area contributed by atoms with Crippen molar-refractivity contribution in [1.29, 1.82) is 0 Å². The monoisotopic (exact) mass is 382 g/mol. The number of para-hydroxylation sites is 1. The van der Waals surface area contributed by atoms with E-state index in [1.165, 1.54) is 5.69 Å². The van der Waals surface area contributed by atoms with Gasteiger partial charge in [0.15, 0.2) is 0 Å². The summed E-state index contributed by atoms with van der Waals surface area (Å²) in [6.45, 7) is 1.93. The van der Waals surface area contributed by atoms with Crippen molar-refractivity contribution in [2.45, 2.75) is 13.0 Å². The molecule has 0 bridgehead atoms. The van der Waals surface area contributed by atoms with E-state index in [9.17, 15) is 4.79 Å². The molecule has 138 valence electrons. The molecule has 0 atom stereocenters. The van der Waals surface area contributed by atoms with Crippen LogP contribution in [0.2, 0.25) is 5.02 Å². The Morgan fingerprint density at radius 2 is 2.04 bits per heavy atom. The van der Waals surface area contributed by atoms with Crippen molar-refractivity contribution in [2.24, 2.45) is 0 Å². The Kier molecular flexibility index (Phi) is 5.09. The summed E-state index contributed by atoms with van der Waals surface area (Å²) in [5, 5.41) is 10.5. The molecular weight excluding hydrogens is 364 g/mol. The molecule has 2 N–H and O–H groups in total. The number of nitrogens with one attached hydrogen (secondary N) is 2. The van der Waals surface area contributed by atoms with E-state index in [0.717, 1.165) is 30.8 Å². The van der Waals surface area contributed by atoms with Gasteiger partial charge in [0, 0.05) is 36.5 Å². The molecule has 0 saturated heterocycles. The first-order valence-corrected chi connectivity index (χ1v) is 9.11. The van der Waals surface area contributed by atoms with Gasteiger partial charge in [-0.05, 0) is 36.4 Å². The molecule has 0 unspecified atom stereocenters. The SMILES string of the molecule is O=C(CN1CCc2[nH]ncc2C1)Nc1ccc(Oc2ccccc2Cl)cc1. The number of ether oxygens (including phenoxy) is 1. The molecule has 0 fully saturated rings. The van der Waals surface area contributed by atoms with E-state index in [2.05, 4.69) is 20.4 Å². The zero-order valence-corrected chi connectivity index (χ0v) is 15.4. The Hall–Kier alpha value is -2.83. The number of benzene rings is 2. The van der Waals surface area contributed by atoms with Gasteiger partial charge in [0.2, 0.25) is 5.91 Å². The van der Waals surface area contributed by atoms with Crippen LogP contribution in [0, 0.1) is 0 Å². The molecule has 1 amide bonds. The topological polar surface area (TPSA) is 70.2 Å². The van der Waals surface area contributed by atoms with Gasteiger partial charge in [-0.1, -0.05) is 23.7 Å². The van der Waals surface area contributed by atoms with Gasteiger partial charge < -0.3 is 10.1 Å². The van der Waals surface area contributed by atoms with Crippen LogP contribution in [0.25, 0.3) is 0 Å². The second-order valence-electron chi connectivity index (χ2n) is 6.44. The number of aromatic amines is 1. The first kappa shape index (κ1) is 17.6. The van der Waals surface area contributed by atoms with Crippen molar-refractivity contribution in [3.8, 4) is 11.5 Å². The minimum absolute atomic E-state index is 0.0401. The van der Waals surface area contributed by atoms with Crippen LogP contribution in [0.5, 0.6) is 11.5 Å². The van der Waals surface area contributed by atoms with Gasteiger partial charge in [0.05, 0.1) is 17.8 Å². The number of anilines is 1. The maximum atomic E-state index is 12.3. The van der Waals surface area contributed by atoms with Gasteiger partial charge >= 0.3 is 0 Å². The van der Waals surface area contributed by atoms with Crippen LogP contribution >= 0.6 is 11.6 Å². The third-order valence-corrected chi connectivity index (χ3v) is 4.76. The highest BCUT2D eigenvalue weighted by molar-refractivity contribution is 6.32. The highest BCUT2D eigenvalue weighted by atomic mass is 35.5. The molecule has 1 aliphatic heterocycles. The summed E-state index contributed by atoms with van der Waals surface area (Å²) in [6, 6.07) is 14.5. The van der Waals surface area contributed by atoms with Crippen molar-refractivity contribution in [3.63, 3.8) is 0 Å². The predicted octanol–water partition coefficient (Wildman–Crippen LogP) is 3.85. The number of carbonyl (C=O) groups excluding carboxylic acids is 1. The summed E-state index contributed by atoms with van der Waals surface area (Å²) < 4.78 is 5.75. The van der Waals surface area contributed by atoms with Gasteiger partial charge in [-0.25, -0.2) is 0 Å². The molecule has 6 nitrogen and oxygen atoms in total. The van der Waals surface area contributed by atoms with Crippen molar-refractivity contribution in [2.75, 3.05) is 18.4 Å². The molecule has 4 rings (SSSR count). The second kappa shape index (κ2) is 7.82. The Labute approximate surface area is 162 Å². The van der Waals surface area contributed by atoms with Crippen LogP contribution in [0.4, 0.5) is 5.69 Å². The maximum Gasteiger partial charge on any atom is 0.238 e. The summed E-state index contributed by atoms with van der Waals surface area (Å²) in [5.41, 5.74) is 3.06. The third kappa shape index (κ3) is 4.30. The van der Waals surface area contributed by atoms with Gasteiger partial charge in [0.1, 0.15) is 11.5 Å². The van der Waals surface area contributed by atoms with Crippen LogP contribution in [0.15, 0.2) is 54.7 Å². The van der Waals surface area contributed by atoms with Crippen LogP contribution in [0.1, 0.15) is 11.3 Å². The first-order valence-electron chi connectivity index (χ1n) is 8.73. The number of rotatable bonds is 5. The van der Waals surface area contributed by atoms with Crippen molar-refractivity contribution < 1.29 is 9.53 Å². The number of nitrogens with zero attached hydrogens (tertiary/aromatic N) is 2. The summed E-state index contributed by atoms with van der Waals surface area (Å²) in [6.07, 6.45) is 2.72. The second-order valence-corrected chi connectivity index (χ2v) is 6.85. The molecular formula is C20H19ClN4O2. The van der Waals surface area contributed by atoms with Gasteiger partial charge in [-0.3, -0.25) is 14.8 Å². The zero-order valence-electron chi connectivity index (χ0n) is 14.6. The lowest BCUT2D eigenvalue weighted by molar-refractivity contribution is -0.117. The number of H-pyrrole nitrogens is 1. The minimum Gasteiger partial charge on any atom is -0.456 e. The summed E-state index contributed by atoms with van der Waals surface area (Å²) in [4.78, 5) is 14.4. The molecule has 3 aromatic rings. The maximum absolute atomic E-state index is 12.3. The molecule has 0 radical (unpaired) electrons. The van der Waals surface area contributed by atoms with Crippen molar-refractivity contribution in [3.05, 3.63) is 71.0 Å². The Balaban J connectivity index is 1.32. The van der Waals surface area contributed by atoms with Crippen LogP contribution in [-0.4, -0.2) is 34.1 Å². The zero-order chi connectivity index (χ0) is 18.6. The standard InChI is InChI=1S/C20H19ClN4O2/c21-17-3-1-2-4-19(17)27-16-7-5-15(6-8-16)23-20(26)13-25-10-9-18-14(12-25)11-22-24-18/h1-8,11H,9-10,12-13H2,(H,22,24)(H,23,26). The molecule has 1 aliphatic rings. The molecule has 0 aliphatic carbocycles. The van der Waals surface area contributed by atoms with Crippen LogP contribution < -0.4 is 10.1 Å².